The molecule has 0 bridgehead atoms. The summed E-state index contributed by atoms with van der Waals surface area (Å²) in [6.45, 7) is 0.781. The van der Waals surface area contributed by atoms with E-state index in [1.165, 1.54) is 6.20 Å². The third-order valence-corrected chi connectivity index (χ3v) is 5.02. The van der Waals surface area contributed by atoms with Gasteiger partial charge in [0.05, 0.1) is 17.5 Å². The fraction of sp³-hybridized carbons (Fsp3) is 0.471. The molecule has 0 radical (unpaired) electrons. The third kappa shape index (κ3) is 3.26. The number of ether oxygens (including phenoxy) is 1. The number of aromatic carboxylic acids is 1. The number of anilines is 1. The lowest BCUT2D eigenvalue weighted by Gasteiger charge is -2.19. The Labute approximate surface area is 160 Å². The summed E-state index contributed by atoms with van der Waals surface area (Å²) in [5.41, 5.74) is 5.21. The summed E-state index contributed by atoms with van der Waals surface area (Å²) in [6.07, 6.45) is 2.82. The van der Waals surface area contributed by atoms with Gasteiger partial charge in [0.1, 0.15) is 11.2 Å². The molecule has 1 saturated carbocycles. The van der Waals surface area contributed by atoms with Crippen molar-refractivity contribution in [3.8, 4) is 0 Å². The zero-order valence-corrected chi connectivity index (χ0v) is 15.4. The van der Waals surface area contributed by atoms with E-state index in [0.29, 0.717) is 18.7 Å². The van der Waals surface area contributed by atoms with Gasteiger partial charge in [-0.1, -0.05) is 0 Å². The predicted octanol–water partition coefficient (Wildman–Crippen LogP) is 1.15. The minimum atomic E-state index is -1.33. The van der Waals surface area contributed by atoms with Crippen molar-refractivity contribution in [2.24, 2.45) is 5.73 Å². The minimum Gasteiger partial charge on any atom is -0.477 e. The molecule has 1 aliphatic carbocycles. The number of nitrogens with zero attached hydrogens (tertiary/aromatic N) is 3. The highest BCUT2D eigenvalue weighted by molar-refractivity contribution is 5.92. The molecule has 1 saturated heterocycles. The monoisotopic (exact) mass is 398 g/mol. The van der Waals surface area contributed by atoms with Crippen LogP contribution in [0.1, 0.15) is 29.2 Å². The number of pyridine rings is 2. The summed E-state index contributed by atoms with van der Waals surface area (Å²) in [4.78, 5) is 29.9. The summed E-state index contributed by atoms with van der Waals surface area (Å²) in [7, 11) is 1.55. The standard InChI is InChI=1S/C17H19FN4O4.ClH/c1-26-13-7-21(6-12(13)19)16-11(18)4-9-14(23)10(17(24)25)5-22(8-2-3-8)15(9)20-16;/h4-5,8,12-13H,2-3,6-7,19H2,1H3,(H,24,25);1H/t12-,13+;/m1./s1. The van der Waals surface area contributed by atoms with E-state index < -0.39 is 17.2 Å². The molecule has 27 heavy (non-hydrogen) atoms. The van der Waals surface area contributed by atoms with Crippen molar-refractivity contribution in [2.75, 3.05) is 25.1 Å². The molecule has 8 nitrogen and oxygen atoms in total. The Kier molecular flexibility index (Phi) is 5.11. The highest BCUT2D eigenvalue weighted by Crippen LogP contribution is 2.37. The molecular formula is C17H20ClFN4O4. The van der Waals surface area contributed by atoms with Crippen LogP contribution < -0.4 is 16.1 Å². The van der Waals surface area contributed by atoms with Crippen LogP contribution in [0.4, 0.5) is 10.2 Å². The van der Waals surface area contributed by atoms with Gasteiger partial charge in [0.2, 0.25) is 5.43 Å². The van der Waals surface area contributed by atoms with Gasteiger partial charge in [0.25, 0.3) is 0 Å². The number of hydrogen-bond donors (Lipinski definition) is 2. The molecule has 2 aliphatic rings. The fourth-order valence-corrected chi connectivity index (χ4v) is 3.46. The number of carbonyl (C=O) groups is 1. The van der Waals surface area contributed by atoms with Gasteiger partial charge >= 0.3 is 5.97 Å². The molecule has 0 amide bonds. The fourth-order valence-electron chi connectivity index (χ4n) is 3.46. The first kappa shape index (κ1) is 19.5. The molecule has 2 aromatic heterocycles. The second-order valence-electron chi connectivity index (χ2n) is 6.82. The molecule has 2 fully saturated rings. The summed E-state index contributed by atoms with van der Waals surface area (Å²) >= 11 is 0. The maximum absolute atomic E-state index is 14.7. The number of nitrogens with two attached hydrogens (primary N) is 1. The molecular weight excluding hydrogens is 379 g/mol. The first-order valence-corrected chi connectivity index (χ1v) is 8.42. The summed E-state index contributed by atoms with van der Waals surface area (Å²) in [6, 6.07) is 0.892. The van der Waals surface area contributed by atoms with Crippen LogP contribution >= 0.6 is 12.4 Å². The number of carboxylic acids is 1. The van der Waals surface area contributed by atoms with Crippen molar-refractivity contribution >= 4 is 35.2 Å². The highest BCUT2D eigenvalue weighted by Gasteiger charge is 2.34. The van der Waals surface area contributed by atoms with Crippen molar-refractivity contribution in [1.82, 2.24) is 9.55 Å². The van der Waals surface area contributed by atoms with E-state index in [2.05, 4.69) is 4.98 Å². The Bertz CT molecular complexity index is 962. The second-order valence-corrected chi connectivity index (χ2v) is 6.82. The van der Waals surface area contributed by atoms with Crippen molar-refractivity contribution in [3.63, 3.8) is 0 Å². The number of halogens is 2. The topological polar surface area (TPSA) is 111 Å². The number of rotatable bonds is 4. The Hall–Kier alpha value is -2.23. The SMILES string of the molecule is CO[C@H]1CN(c2nc3c(cc2F)c(=O)c(C(=O)O)cn3C2CC2)C[C@H]1N.Cl. The normalized spacial score (nSPS) is 22.1. The van der Waals surface area contributed by atoms with Crippen LogP contribution in [0.5, 0.6) is 0 Å². The first-order valence-electron chi connectivity index (χ1n) is 8.42. The molecule has 146 valence electrons. The lowest BCUT2D eigenvalue weighted by Crippen LogP contribution is -2.34. The largest absolute Gasteiger partial charge is 0.477 e. The quantitative estimate of drug-likeness (QED) is 0.794. The molecule has 3 N–H and O–H groups in total. The molecule has 0 spiro atoms. The van der Waals surface area contributed by atoms with E-state index in [0.717, 1.165) is 18.9 Å². The van der Waals surface area contributed by atoms with E-state index in [1.807, 2.05) is 0 Å². The van der Waals surface area contributed by atoms with Crippen molar-refractivity contribution in [3.05, 3.63) is 33.9 Å². The number of methoxy groups -OCH3 is 1. The molecule has 4 rings (SSSR count). The number of hydrogen-bond acceptors (Lipinski definition) is 6. The molecule has 2 aromatic rings. The lowest BCUT2D eigenvalue weighted by molar-refractivity contribution is 0.0695. The van der Waals surface area contributed by atoms with Gasteiger partial charge in [-0.15, -0.1) is 12.4 Å². The lowest BCUT2D eigenvalue weighted by atomic mass is 10.2. The molecule has 10 heteroatoms. The van der Waals surface area contributed by atoms with E-state index >= 15 is 0 Å². The van der Waals surface area contributed by atoms with Gasteiger partial charge in [0.15, 0.2) is 11.6 Å². The first-order chi connectivity index (χ1) is 12.4. The third-order valence-electron chi connectivity index (χ3n) is 5.02. The molecule has 3 heterocycles. The van der Waals surface area contributed by atoms with E-state index in [1.54, 1.807) is 16.6 Å². The van der Waals surface area contributed by atoms with Crippen molar-refractivity contribution in [2.45, 2.75) is 31.0 Å². The predicted molar refractivity (Wildman–Crippen MR) is 99.4 cm³/mol. The van der Waals surface area contributed by atoms with E-state index in [9.17, 15) is 19.1 Å². The highest BCUT2D eigenvalue weighted by atomic mass is 35.5. The van der Waals surface area contributed by atoms with Gasteiger partial charge in [-0.25, -0.2) is 14.2 Å². The zero-order valence-electron chi connectivity index (χ0n) is 14.6. The smallest absolute Gasteiger partial charge is 0.341 e. The van der Waals surface area contributed by atoms with Gasteiger partial charge in [-0.2, -0.15) is 0 Å². The maximum atomic E-state index is 14.7. The van der Waals surface area contributed by atoms with Crippen LogP contribution in [-0.4, -0.2) is 53.0 Å². The van der Waals surface area contributed by atoms with E-state index in [-0.39, 0.29) is 47.4 Å². The Balaban J connectivity index is 0.00000210. The van der Waals surface area contributed by atoms with Crippen LogP contribution in [0.25, 0.3) is 11.0 Å². The number of aromatic nitrogens is 2. The number of carboxylic acid groups (broad SMARTS) is 1. The summed E-state index contributed by atoms with van der Waals surface area (Å²) in [5, 5.41) is 9.25. The van der Waals surface area contributed by atoms with Gasteiger partial charge < -0.3 is 25.0 Å². The van der Waals surface area contributed by atoms with Crippen molar-refractivity contribution < 1.29 is 19.0 Å². The number of fused-ring (bicyclic) bond motifs is 1. The second kappa shape index (κ2) is 7.06. The van der Waals surface area contributed by atoms with Crippen LogP contribution in [0.2, 0.25) is 0 Å². The zero-order chi connectivity index (χ0) is 18.6. The minimum absolute atomic E-state index is 0. The Morgan fingerprint density at radius 1 is 1.41 bits per heavy atom. The molecule has 0 aromatic carbocycles. The average molecular weight is 399 g/mol. The maximum Gasteiger partial charge on any atom is 0.341 e. The Morgan fingerprint density at radius 2 is 2.11 bits per heavy atom. The Morgan fingerprint density at radius 3 is 2.67 bits per heavy atom. The van der Waals surface area contributed by atoms with E-state index in [4.69, 9.17) is 10.5 Å². The van der Waals surface area contributed by atoms with Gasteiger partial charge in [0, 0.05) is 32.4 Å². The molecule has 1 aliphatic heterocycles. The van der Waals surface area contributed by atoms with Crippen LogP contribution in [0, 0.1) is 5.82 Å². The van der Waals surface area contributed by atoms with Crippen LogP contribution in [-0.2, 0) is 4.74 Å². The molecule has 2 atom stereocenters. The van der Waals surface area contributed by atoms with Crippen LogP contribution in [0.15, 0.2) is 17.1 Å². The summed E-state index contributed by atoms with van der Waals surface area (Å²) in [5.74, 6) is -1.91. The van der Waals surface area contributed by atoms with Crippen LogP contribution in [0.3, 0.4) is 0 Å². The average Bonchev–Trinajstić information content (AvgIpc) is 3.37. The summed E-state index contributed by atoms with van der Waals surface area (Å²) < 4.78 is 21.7. The van der Waals surface area contributed by atoms with Gasteiger partial charge in [-0.3, -0.25) is 4.79 Å². The van der Waals surface area contributed by atoms with Gasteiger partial charge in [-0.05, 0) is 18.9 Å². The van der Waals surface area contributed by atoms with Crippen molar-refractivity contribution in [1.29, 1.82) is 0 Å². The molecule has 0 unspecified atom stereocenters.